The van der Waals surface area contributed by atoms with Crippen molar-refractivity contribution in [1.82, 2.24) is 10.6 Å². The minimum atomic E-state index is -1.45. The fraction of sp³-hybridized carbons (Fsp3) is 0.500. The second-order valence-electron chi connectivity index (χ2n) is 5.20. The van der Waals surface area contributed by atoms with Crippen molar-refractivity contribution >= 4 is 28.9 Å². The van der Waals surface area contributed by atoms with E-state index in [0.717, 1.165) is 5.56 Å². The van der Waals surface area contributed by atoms with Crippen LogP contribution in [-0.2, 0) is 11.3 Å². The minimum absolute atomic E-state index is 0.198. The highest BCUT2D eigenvalue weighted by molar-refractivity contribution is 7.80. The van der Waals surface area contributed by atoms with Gasteiger partial charge in [0.25, 0.3) is 0 Å². The summed E-state index contributed by atoms with van der Waals surface area (Å²) < 4.78 is 5.30. The van der Waals surface area contributed by atoms with Crippen molar-refractivity contribution in [3.05, 3.63) is 34.9 Å². The molecule has 128 valence electrons. The molecule has 0 bridgehead atoms. The van der Waals surface area contributed by atoms with Gasteiger partial charge in [0.1, 0.15) is 24.4 Å². The second kappa shape index (κ2) is 8.20. The molecule has 0 aromatic heterocycles. The van der Waals surface area contributed by atoms with Crippen LogP contribution in [0.15, 0.2) is 24.3 Å². The highest BCUT2D eigenvalue weighted by Crippen LogP contribution is 2.19. The summed E-state index contributed by atoms with van der Waals surface area (Å²) in [6.45, 7) is -0.0610. The first kappa shape index (κ1) is 18.3. The maximum absolute atomic E-state index is 9.90. The molecule has 9 heteroatoms. The zero-order valence-electron chi connectivity index (χ0n) is 12.1. The molecule has 2 rings (SSSR count). The molecule has 0 saturated carbocycles. The van der Waals surface area contributed by atoms with Crippen LogP contribution < -0.4 is 10.6 Å². The molecule has 5 atom stereocenters. The monoisotopic (exact) mass is 362 g/mol. The molecule has 6 N–H and O–H groups in total. The number of halogens is 1. The molecule has 7 nitrogen and oxygen atoms in total. The number of hydrogen-bond donors (Lipinski definition) is 6. The second-order valence-corrected chi connectivity index (χ2v) is 6.05. The molecule has 1 aromatic carbocycles. The molecule has 1 fully saturated rings. The van der Waals surface area contributed by atoms with Gasteiger partial charge in [-0.05, 0) is 29.9 Å². The lowest BCUT2D eigenvalue weighted by Crippen LogP contribution is -2.63. The van der Waals surface area contributed by atoms with Crippen molar-refractivity contribution < 1.29 is 25.2 Å². The molecule has 1 aromatic rings. The molecule has 0 amide bonds. The fourth-order valence-electron chi connectivity index (χ4n) is 2.19. The van der Waals surface area contributed by atoms with Crippen LogP contribution >= 0.6 is 23.8 Å². The standard InChI is InChI=1S/C14H19ClN2O5S/c15-8-3-1-7(2-4-8)5-16-14(23)17-13-12(21)11(20)10(19)9(6-18)22-13/h1-4,9-13,18-21H,5-6H2,(H2,16,17,23)/t9-,10-,11+,12-,13-/m1/s1. The van der Waals surface area contributed by atoms with Gasteiger partial charge in [-0.25, -0.2) is 0 Å². The predicted octanol–water partition coefficient (Wildman–Crippen LogP) is -0.896. The third-order valence-electron chi connectivity index (χ3n) is 3.53. The molecule has 0 radical (unpaired) electrons. The summed E-state index contributed by atoms with van der Waals surface area (Å²) >= 11 is 10.9. The van der Waals surface area contributed by atoms with Crippen LogP contribution in [0.25, 0.3) is 0 Å². The molecule has 1 aliphatic rings. The Hall–Kier alpha value is -1.00. The van der Waals surface area contributed by atoms with Crippen LogP contribution in [-0.4, -0.2) is 62.8 Å². The summed E-state index contributed by atoms with van der Waals surface area (Å²) in [5.41, 5.74) is 0.951. The molecular weight excluding hydrogens is 344 g/mol. The normalized spacial score (nSPS) is 30.7. The lowest BCUT2D eigenvalue weighted by molar-refractivity contribution is -0.232. The highest BCUT2D eigenvalue weighted by atomic mass is 35.5. The van der Waals surface area contributed by atoms with E-state index in [2.05, 4.69) is 10.6 Å². The number of nitrogens with one attached hydrogen (secondary N) is 2. The van der Waals surface area contributed by atoms with Gasteiger partial charge in [-0.1, -0.05) is 23.7 Å². The highest BCUT2D eigenvalue weighted by Gasteiger charge is 2.43. The average molecular weight is 363 g/mol. The van der Waals surface area contributed by atoms with Crippen LogP contribution in [0, 0.1) is 0 Å². The van der Waals surface area contributed by atoms with Crippen molar-refractivity contribution in [3.8, 4) is 0 Å². The quantitative estimate of drug-likeness (QED) is 0.382. The van der Waals surface area contributed by atoms with Crippen LogP contribution in [0.1, 0.15) is 5.56 Å². The maximum Gasteiger partial charge on any atom is 0.168 e. The number of benzene rings is 1. The summed E-state index contributed by atoms with van der Waals surface area (Å²) in [4.78, 5) is 0. The van der Waals surface area contributed by atoms with Crippen molar-refractivity contribution in [2.45, 2.75) is 37.2 Å². The van der Waals surface area contributed by atoms with Gasteiger partial charge in [0, 0.05) is 11.6 Å². The van der Waals surface area contributed by atoms with Crippen molar-refractivity contribution in [1.29, 1.82) is 0 Å². The van der Waals surface area contributed by atoms with Crippen LogP contribution in [0.5, 0.6) is 0 Å². The lowest BCUT2D eigenvalue weighted by atomic mass is 9.98. The molecular formula is C14H19ClN2O5S. The summed E-state index contributed by atoms with van der Waals surface area (Å²) in [6.07, 6.45) is -6.26. The summed E-state index contributed by atoms with van der Waals surface area (Å²) in [5, 5.41) is 44.9. The Morgan fingerprint density at radius 3 is 2.39 bits per heavy atom. The van der Waals surface area contributed by atoms with Crippen molar-refractivity contribution in [2.75, 3.05) is 6.61 Å². The smallest absolute Gasteiger partial charge is 0.168 e. The van der Waals surface area contributed by atoms with E-state index in [9.17, 15) is 15.3 Å². The lowest BCUT2D eigenvalue weighted by Gasteiger charge is -2.40. The van der Waals surface area contributed by atoms with E-state index in [1.807, 2.05) is 12.1 Å². The van der Waals surface area contributed by atoms with E-state index in [4.69, 9.17) is 33.7 Å². The Labute approximate surface area is 143 Å². The van der Waals surface area contributed by atoms with Crippen molar-refractivity contribution in [3.63, 3.8) is 0 Å². The molecule has 0 unspecified atom stereocenters. The summed E-state index contributed by atoms with van der Waals surface area (Å²) in [5.74, 6) is 0. The average Bonchev–Trinajstić information content (AvgIpc) is 2.55. The van der Waals surface area contributed by atoms with Gasteiger partial charge in [0.2, 0.25) is 0 Å². The Kier molecular flexibility index (Phi) is 6.54. The first-order valence-corrected chi connectivity index (χ1v) is 7.80. The van der Waals surface area contributed by atoms with Gasteiger partial charge in [0.15, 0.2) is 11.3 Å². The Bertz CT molecular complexity index is 530. The van der Waals surface area contributed by atoms with Gasteiger partial charge >= 0.3 is 0 Å². The van der Waals surface area contributed by atoms with E-state index in [0.29, 0.717) is 11.6 Å². The molecule has 0 aliphatic carbocycles. The SMILES string of the molecule is OC[C@H]1O[C@@H](NC(=S)NCc2ccc(Cl)cc2)[C@H](O)[C@@H](O)[C@@H]1O. The predicted molar refractivity (Wildman–Crippen MR) is 87.8 cm³/mol. The number of rotatable bonds is 4. The van der Waals surface area contributed by atoms with E-state index < -0.39 is 37.3 Å². The van der Waals surface area contributed by atoms with Crippen molar-refractivity contribution in [2.24, 2.45) is 0 Å². The van der Waals surface area contributed by atoms with Gasteiger partial charge in [-0.15, -0.1) is 0 Å². The number of thiocarbonyl (C=S) groups is 1. The third kappa shape index (κ3) is 4.74. The number of aliphatic hydroxyl groups is 4. The maximum atomic E-state index is 9.90. The van der Waals surface area contributed by atoms with Gasteiger partial charge in [-0.2, -0.15) is 0 Å². The first-order valence-electron chi connectivity index (χ1n) is 7.01. The van der Waals surface area contributed by atoms with Gasteiger partial charge in [0.05, 0.1) is 6.61 Å². The van der Waals surface area contributed by atoms with Crippen LogP contribution in [0.3, 0.4) is 0 Å². The fourth-order valence-corrected chi connectivity index (χ4v) is 2.50. The van der Waals surface area contributed by atoms with Crippen LogP contribution in [0.4, 0.5) is 0 Å². The molecule has 1 heterocycles. The molecule has 23 heavy (non-hydrogen) atoms. The number of hydrogen-bond acceptors (Lipinski definition) is 6. The molecule has 1 saturated heterocycles. The van der Waals surface area contributed by atoms with E-state index in [1.165, 1.54) is 0 Å². The first-order chi connectivity index (χ1) is 10.9. The molecule has 1 aliphatic heterocycles. The Morgan fingerprint density at radius 1 is 1.13 bits per heavy atom. The van der Waals surface area contributed by atoms with Crippen LogP contribution in [0.2, 0.25) is 5.02 Å². The van der Waals surface area contributed by atoms with Gasteiger partial charge < -0.3 is 35.8 Å². The third-order valence-corrected chi connectivity index (χ3v) is 4.05. The van der Waals surface area contributed by atoms with E-state index in [1.54, 1.807) is 12.1 Å². The largest absolute Gasteiger partial charge is 0.394 e. The van der Waals surface area contributed by atoms with Gasteiger partial charge in [-0.3, -0.25) is 0 Å². The Morgan fingerprint density at radius 2 is 1.78 bits per heavy atom. The number of ether oxygens (including phenoxy) is 1. The number of aliphatic hydroxyl groups excluding tert-OH is 4. The zero-order chi connectivity index (χ0) is 17.0. The zero-order valence-corrected chi connectivity index (χ0v) is 13.7. The topological polar surface area (TPSA) is 114 Å². The molecule has 0 spiro atoms. The van der Waals surface area contributed by atoms with E-state index >= 15 is 0 Å². The summed E-state index contributed by atoms with van der Waals surface area (Å²) in [6, 6.07) is 7.19. The summed E-state index contributed by atoms with van der Waals surface area (Å²) in [7, 11) is 0. The Balaban J connectivity index is 1.87. The van der Waals surface area contributed by atoms with E-state index in [-0.39, 0.29) is 5.11 Å². The minimum Gasteiger partial charge on any atom is -0.394 e.